The molecule has 1 saturated heterocycles. The summed E-state index contributed by atoms with van der Waals surface area (Å²) in [5.74, 6) is 1.58. The Kier molecular flexibility index (Phi) is 13.5. The molecule has 2 rings (SSSR count). The Morgan fingerprint density at radius 1 is 1.32 bits per heavy atom. The number of hydrogen-bond donors (Lipinski definition) is 2. The molecule has 0 bridgehead atoms. The fourth-order valence-corrected chi connectivity index (χ4v) is 3.12. The first-order valence-corrected chi connectivity index (χ1v) is 10.1. The highest BCUT2D eigenvalue weighted by Gasteiger charge is 2.15. The molecule has 28 heavy (non-hydrogen) atoms. The number of ether oxygens (including phenoxy) is 2. The first kappa shape index (κ1) is 25.1. The van der Waals surface area contributed by atoms with Crippen LogP contribution < -0.4 is 5.32 Å². The van der Waals surface area contributed by atoms with Gasteiger partial charge in [-0.05, 0) is 37.7 Å². The molecule has 1 atom stereocenters. The van der Waals surface area contributed by atoms with Gasteiger partial charge in [0.05, 0.1) is 25.9 Å². The lowest BCUT2D eigenvalue weighted by Crippen LogP contribution is -2.40. The summed E-state index contributed by atoms with van der Waals surface area (Å²) in [6.45, 7) is 6.71. The lowest BCUT2D eigenvalue weighted by Gasteiger charge is -2.27. The molecule has 1 aromatic rings. The van der Waals surface area contributed by atoms with E-state index in [9.17, 15) is 5.11 Å². The van der Waals surface area contributed by atoms with E-state index in [2.05, 4.69) is 29.2 Å². The quantitative estimate of drug-likeness (QED) is 0.291. The fourth-order valence-electron chi connectivity index (χ4n) is 3.12. The Labute approximate surface area is 186 Å². The van der Waals surface area contributed by atoms with Crippen LogP contribution in [0.25, 0.3) is 0 Å². The average molecular weight is 505 g/mol. The van der Waals surface area contributed by atoms with Gasteiger partial charge in [0, 0.05) is 33.4 Å². The maximum Gasteiger partial charge on any atom is 0.193 e. The molecule has 1 unspecified atom stereocenters. The van der Waals surface area contributed by atoms with E-state index in [1.807, 2.05) is 30.3 Å². The first-order valence-electron chi connectivity index (χ1n) is 10.1. The van der Waals surface area contributed by atoms with Crippen LogP contribution in [0.1, 0.15) is 31.7 Å². The Balaban J connectivity index is 0.00000392. The third kappa shape index (κ3) is 10.0. The van der Waals surface area contributed by atoms with Crippen LogP contribution in [0, 0.1) is 5.92 Å². The molecule has 1 fully saturated rings. The number of aliphatic hydroxyl groups excluding tert-OH is 1. The summed E-state index contributed by atoms with van der Waals surface area (Å²) in [6.07, 6.45) is 2.84. The van der Waals surface area contributed by atoms with Gasteiger partial charge in [-0.25, -0.2) is 0 Å². The maximum atomic E-state index is 10.2. The summed E-state index contributed by atoms with van der Waals surface area (Å²) in [5.41, 5.74) is 1.11. The largest absolute Gasteiger partial charge is 0.389 e. The van der Waals surface area contributed by atoms with Crippen LogP contribution in [0.5, 0.6) is 0 Å². The van der Waals surface area contributed by atoms with Gasteiger partial charge in [0.25, 0.3) is 0 Å². The molecule has 2 N–H and O–H groups in total. The SMILES string of the molecule is CCNC(=NCC(O)COCc1ccccc1)N(C)CCC1CCOCC1.I. The van der Waals surface area contributed by atoms with Gasteiger partial charge in [0.2, 0.25) is 0 Å². The molecule has 0 aliphatic carbocycles. The van der Waals surface area contributed by atoms with E-state index >= 15 is 0 Å². The van der Waals surface area contributed by atoms with Crippen molar-refractivity contribution in [2.24, 2.45) is 10.9 Å². The number of hydrogen-bond acceptors (Lipinski definition) is 4. The topological polar surface area (TPSA) is 66.3 Å². The van der Waals surface area contributed by atoms with Gasteiger partial charge in [-0.3, -0.25) is 4.99 Å². The minimum Gasteiger partial charge on any atom is -0.389 e. The Hall–Kier alpha value is -0.900. The van der Waals surface area contributed by atoms with E-state index in [1.165, 1.54) is 0 Å². The van der Waals surface area contributed by atoms with Crippen LogP contribution in [0.3, 0.4) is 0 Å². The lowest BCUT2D eigenvalue weighted by molar-refractivity contribution is 0.0330. The number of aliphatic hydroxyl groups is 1. The first-order chi connectivity index (χ1) is 13.2. The second-order valence-electron chi connectivity index (χ2n) is 7.12. The zero-order valence-corrected chi connectivity index (χ0v) is 19.5. The molecule has 0 radical (unpaired) electrons. The van der Waals surface area contributed by atoms with Crippen molar-refractivity contribution in [3.05, 3.63) is 35.9 Å². The molecule has 0 aromatic heterocycles. The van der Waals surface area contributed by atoms with Crippen molar-refractivity contribution >= 4 is 29.9 Å². The summed E-state index contributed by atoms with van der Waals surface area (Å²) in [5, 5.41) is 13.5. The van der Waals surface area contributed by atoms with Gasteiger partial charge in [-0.15, -0.1) is 24.0 Å². The number of rotatable bonds is 10. The van der Waals surface area contributed by atoms with E-state index in [0.717, 1.165) is 63.0 Å². The lowest BCUT2D eigenvalue weighted by atomic mass is 9.96. The van der Waals surface area contributed by atoms with Gasteiger partial charge in [-0.2, -0.15) is 0 Å². The second kappa shape index (κ2) is 15.0. The van der Waals surface area contributed by atoms with E-state index in [1.54, 1.807) is 0 Å². The van der Waals surface area contributed by atoms with E-state index in [4.69, 9.17) is 9.47 Å². The molecule has 160 valence electrons. The van der Waals surface area contributed by atoms with E-state index < -0.39 is 6.10 Å². The monoisotopic (exact) mass is 505 g/mol. The highest BCUT2D eigenvalue weighted by molar-refractivity contribution is 14.0. The molecule has 7 heteroatoms. The van der Waals surface area contributed by atoms with Gasteiger partial charge in [-0.1, -0.05) is 30.3 Å². The molecule has 0 saturated carbocycles. The number of halogens is 1. The van der Waals surface area contributed by atoms with Crippen LogP contribution in [0.4, 0.5) is 0 Å². The third-order valence-corrected chi connectivity index (χ3v) is 4.78. The van der Waals surface area contributed by atoms with Crippen molar-refractivity contribution < 1.29 is 14.6 Å². The van der Waals surface area contributed by atoms with Crippen molar-refractivity contribution in [1.29, 1.82) is 0 Å². The summed E-state index contributed by atoms with van der Waals surface area (Å²) >= 11 is 0. The Morgan fingerprint density at radius 3 is 2.71 bits per heavy atom. The van der Waals surface area contributed by atoms with Crippen molar-refractivity contribution in [3.8, 4) is 0 Å². The highest BCUT2D eigenvalue weighted by atomic mass is 127. The molecule has 1 heterocycles. The summed E-state index contributed by atoms with van der Waals surface area (Å²) < 4.78 is 11.0. The molecule has 6 nitrogen and oxygen atoms in total. The zero-order chi connectivity index (χ0) is 19.3. The average Bonchev–Trinajstić information content (AvgIpc) is 2.71. The molecule has 0 spiro atoms. The smallest absolute Gasteiger partial charge is 0.193 e. The van der Waals surface area contributed by atoms with Crippen LogP contribution in [0.15, 0.2) is 35.3 Å². The molecule has 1 aliphatic heterocycles. The molecular formula is C21H36IN3O3. The van der Waals surface area contributed by atoms with Crippen molar-refractivity contribution in [2.45, 2.75) is 38.9 Å². The maximum absolute atomic E-state index is 10.2. The van der Waals surface area contributed by atoms with Crippen LogP contribution >= 0.6 is 24.0 Å². The van der Waals surface area contributed by atoms with Crippen molar-refractivity contribution in [3.63, 3.8) is 0 Å². The van der Waals surface area contributed by atoms with Crippen LogP contribution in [-0.4, -0.2) is 68.6 Å². The summed E-state index contributed by atoms with van der Waals surface area (Å²) in [4.78, 5) is 6.73. The minimum absolute atomic E-state index is 0. The fraction of sp³-hybridized carbons (Fsp3) is 0.667. The Bertz CT molecular complexity index is 539. The number of guanidine groups is 1. The van der Waals surface area contributed by atoms with E-state index in [-0.39, 0.29) is 30.6 Å². The minimum atomic E-state index is -0.605. The molecule has 1 aliphatic rings. The highest BCUT2D eigenvalue weighted by Crippen LogP contribution is 2.18. The third-order valence-electron chi connectivity index (χ3n) is 4.78. The predicted octanol–water partition coefficient (Wildman–Crippen LogP) is 2.90. The van der Waals surface area contributed by atoms with Gasteiger partial charge >= 0.3 is 0 Å². The summed E-state index contributed by atoms with van der Waals surface area (Å²) in [6, 6.07) is 9.98. The van der Waals surface area contributed by atoms with Crippen LogP contribution in [-0.2, 0) is 16.1 Å². The van der Waals surface area contributed by atoms with E-state index in [0.29, 0.717) is 13.2 Å². The number of nitrogens with zero attached hydrogens (tertiary/aromatic N) is 2. The van der Waals surface area contributed by atoms with Gasteiger partial charge < -0.3 is 24.8 Å². The van der Waals surface area contributed by atoms with Gasteiger partial charge in [0.15, 0.2) is 5.96 Å². The zero-order valence-electron chi connectivity index (χ0n) is 17.2. The normalized spacial score (nSPS) is 16.3. The van der Waals surface area contributed by atoms with Crippen LogP contribution in [0.2, 0.25) is 0 Å². The standard InChI is InChI=1S/C21H35N3O3.HI/c1-3-22-21(24(2)12-9-18-10-13-26-14-11-18)23-15-20(25)17-27-16-19-7-5-4-6-8-19;/h4-8,18,20,25H,3,9-17H2,1-2H3,(H,22,23);1H. The van der Waals surface area contributed by atoms with Gasteiger partial charge in [0.1, 0.15) is 0 Å². The number of benzene rings is 1. The molecule has 0 amide bonds. The molecular weight excluding hydrogens is 469 g/mol. The number of aliphatic imine (C=N–C) groups is 1. The van der Waals surface area contributed by atoms with Crippen molar-refractivity contribution in [2.75, 3.05) is 46.5 Å². The Morgan fingerprint density at radius 2 is 2.04 bits per heavy atom. The second-order valence-corrected chi connectivity index (χ2v) is 7.12. The number of nitrogens with one attached hydrogen (secondary N) is 1. The summed E-state index contributed by atoms with van der Waals surface area (Å²) in [7, 11) is 2.05. The molecule has 1 aromatic carbocycles. The predicted molar refractivity (Wildman–Crippen MR) is 124 cm³/mol. The van der Waals surface area contributed by atoms with Crippen molar-refractivity contribution in [1.82, 2.24) is 10.2 Å².